The molecule has 0 bridgehead atoms. The Bertz CT molecular complexity index is 412. The first kappa shape index (κ1) is 9.67. The van der Waals surface area contributed by atoms with Crippen LogP contribution in [0.1, 0.15) is 5.56 Å². The van der Waals surface area contributed by atoms with Crippen LogP contribution in [0.25, 0.3) is 11.5 Å². The van der Waals surface area contributed by atoms with Crippen molar-refractivity contribution < 1.29 is 0 Å². The Hall–Kier alpha value is -1.88. The molecular formula is C10H11N5. The molecule has 0 atom stereocenters. The molecule has 0 aliphatic heterocycles. The molecule has 5 nitrogen and oxygen atoms in total. The third-order valence-electron chi connectivity index (χ3n) is 1.93. The number of rotatable bonds is 3. The van der Waals surface area contributed by atoms with Crippen molar-refractivity contribution in [2.75, 3.05) is 6.54 Å². The highest BCUT2D eigenvalue weighted by atomic mass is 14.9. The van der Waals surface area contributed by atoms with Crippen LogP contribution in [0.3, 0.4) is 0 Å². The Morgan fingerprint density at radius 3 is 2.40 bits per heavy atom. The van der Waals surface area contributed by atoms with E-state index < -0.39 is 0 Å². The summed E-state index contributed by atoms with van der Waals surface area (Å²) in [4.78, 5) is 16.5. The summed E-state index contributed by atoms with van der Waals surface area (Å²) in [5, 5.41) is 0. The largest absolute Gasteiger partial charge is 0.330 e. The van der Waals surface area contributed by atoms with Crippen LogP contribution in [-0.2, 0) is 6.42 Å². The van der Waals surface area contributed by atoms with E-state index in [1.54, 1.807) is 31.0 Å². The number of hydrogen-bond acceptors (Lipinski definition) is 5. The summed E-state index contributed by atoms with van der Waals surface area (Å²) >= 11 is 0. The Labute approximate surface area is 87.4 Å². The van der Waals surface area contributed by atoms with Gasteiger partial charge in [-0.3, -0.25) is 4.98 Å². The lowest BCUT2D eigenvalue weighted by atomic mass is 10.2. The van der Waals surface area contributed by atoms with Crippen molar-refractivity contribution in [3.05, 3.63) is 36.5 Å². The van der Waals surface area contributed by atoms with E-state index in [-0.39, 0.29) is 0 Å². The van der Waals surface area contributed by atoms with Crippen molar-refractivity contribution in [3.8, 4) is 11.5 Å². The van der Waals surface area contributed by atoms with E-state index in [2.05, 4.69) is 19.9 Å². The molecular weight excluding hydrogens is 190 g/mol. The van der Waals surface area contributed by atoms with E-state index in [0.717, 1.165) is 12.0 Å². The van der Waals surface area contributed by atoms with E-state index in [9.17, 15) is 0 Å². The second kappa shape index (κ2) is 4.56. The van der Waals surface area contributed by atoms with Gasteiger partial charge in [-0.25, -0.2) is 15.0 Å². The van der Waals surface area contributed by atoms with E-state index in [0.29, 0.717) is 18.1 Å². The quantitative estimate of drug-likeness (QED) is 0.779. The lowest BCUT2D eigenvalue weighted by Crippen LogP contribution is -2.04. The van der Waals surface area contributed by atoms with Gasteiger partial charge in [-0.15, -0.1) is 0 Å². The van der Waals surface area contributed by atoms with Crippen LogP contribution < -0.4 is 5.73 Å². The zero-order chi connectivity index (χ0) is 10.5. The molecule has 76 valence electrons. The fourth-order valence-electron chi connectivity index (χ4n) is 1.20. The van der Waals surface area contributed by atoms with Crippen molar-refractivity contribution in [2.45, 2.75) is 6.42 Å². The Balaban J connectivity index is 2.24. The first-order valence-electron chi connectivity index (χ1n) is 4.67. The van der Waals surface area contributed by atoms with Crippen molar-refractivity contribution in [1.29, 1.82) is 0 Å². The summed E-state index contributed by atoms with van der Waals surface area (Å²) in [5.41, 5.74) is 7.14. The molecule has 0 amide bonds. The van der Waals surface area contributed by atoms with Crippen molar-refractivity contribution >= 4 is 0 Å². The molecule has 0 saturated carbocycles. The van der Waals surface area contributed by atoms with Gasteiger partial charge in [-0.2, -0.15) is 0 Å². The van der Waals surface area contributed by atoms with Crippen molar-refractivity contribution in [2.24, 2.45) is 5.73 Å². The Kier molecular flexibility index (Phi) is 2.94. The highest BCUT2D eigenvalue weighted by Crippen LogP contribution is 2.08. The number of aromatic nitrogens is 4. The highest BCUT2D eigenvalue weighted by molar-refractivity contribution is 5.46. The van der Waals surface area contributed by atoms with E-state index in [1.165, 1.54) is 0 Å². The molecule has 0 radical (unpaired) electrons. The van der Waals surface area contributed by atoms with Gasteiger partial charge in [0.05, 0.1) is 6.20 Å². The number of nitrogens with two attached hydrogens (primary N) is 1. The van der Waals surface area contributed by atoms with E-state index >= 15 is 0 Å². The van der Waals surface area contributed by atoms with Gasteiger partial charge in [-0.05, 0) is 18.5 Å². The maximum absolute atomic E-state index is 5.43. The molecule has 0 aliphatic carbocycles. The van der Waals surface area contributed by atoms with Gasteiger partial charge in [0, 0.05) is 24.8 Å². The van der Waals surface area contributed by atoms with Crippen molar-refractivity contribution in [1.82, 2.24) is 19.9 Å². The molecule has 2 rings (SSSR count). The predicted molar refractivity (Wildman–Crippen MR) is 55.8 cm³/mol. The fourth-order valence-corrected chi connectivity index (χ4v) is 1.20. The van der Waals surface area contributed by atoms with Gasteiger partial charge in [0.25, 0.3) is 0 Å². The maximum Gasteiger partial charge on any atom is 0.179 e. The zero-order valence-electron chi connectivity index (χ0n) is 8.17. The first-order valence-corrected chi connectivity index (χ1v) is 4.67. The van der Waals surface area contributed by atoms with Gasteiger partial charge >= 0.3 is 0 Å². The summed E-state index contributed by atoms with van der Waals surface area (Å²) < 4.78 is 0. The van der Waals surface area contributed by atoms with Crippen LogP contribution in [0.15, 0.2) is 31.0 Å². The van der Waals surface area contributed by atoms with Crippen LogP contribution in [-0.4, -0.2) is 26.5 Å². The molecule has 2 N–H and O–H groups in total. The van der Waals surface area contributed by atoms with Crippen LogP contribution in [0, 0.1) is 0 Å². The second-order valence-corrected chi connectivity index (χ2v) is 3.04. The van der Waals surface area contributed by atoms with Gasteiger partial charge in [-0.1, -0.05) is 0 Å². The predicted octanol–water partition coefficient (Wildman–Crippen LogP) is 0.435. The van der Waals surface area contributed by atoms with Gasteiger partial charge < -0.3 is 5.73 Å². The van der Waals surface area contributed by atoms with E-state index in [1.807, 2.05) is 0 Å². The minimum absolute atomic E-state index is 0.587. The molecule has 15 heavy (non-hydrogen) atoms. The number of nitrogens with zero attached hydrogens (tertiary/aromatic N) is 4. The van der Waals surface area contributed by atoms with Gasteiger partial charge in [0.2, 0.25) is 0 Å². The fraction of sp³-hybridized carbons (Fsp3) is 0.200. The molecule has 0 spiro atoms. The zero-order valence-corrected chi connectivity index (χ0v) is 8.17. The Morgan fingerprint density at radius 2 is 1.80 bits per heavy atom. The maximum atomic E-state index is 5.43. The summed E-state index contributed by atoms with van der Waals surface area (Å²) in [6, 6.07) is 0. The number of hydrogen-bond donors (Lipinski definition) is 1. The lowest BCUT2D eigenvalue weighted by Gasteiger charge is -1.99. The van der Waals surface area contributed by atoms with Crippen LogP contribution >= 0.6 is 0 Å². The smallest absolute Gasteiger partial charge is 0.179 e. The molecule has 0 aromatic carbocycles. The third kappa shape index (κ3) is 2.32. The van der Waals surface area contributed by atoms with Crippen molar-refractivity contribution in [3.63, 3.8) is 0 Å². The monoisotopic (exact) mass is 201 g/mol. The summed E-state index contributed by atoms with van der Waals surface area (Å²) in [6.07, 6.45) is 9.20. The Morgan fingerprint density at radius 1 is 1.00 bits per heavy atom. The molecule has 2 heterocycles. The minimum Gasteiger partial charge on any atom is -0.330 e. The SMILES string of the molecule is NCCc1cnc(-c2cnccn2)nc1. The minimum atomic E-state index is 0.587. The molecule has 0 fully saturated rings. The summed E-state index contributed by atoms with van der Waals surface area (Å²) in [7, 11) is 0. The third-order valence-corrected chi connectivity index (χ3v) is 1.93. The molecule has 5 heteroatoms. The van der Waals surface area contributed by atoms with Crippen LogP contribution in [0.4, 0.5) is 0 Å². The molecule has 2 aromatic heterocycles. The average molecular weight is 201 g/mol. The first-order chi connectivity index (χ1) is 7.40. The topological polar surface area (TPSA) is 77.6 Å². The van der Waals surface area contributed by atoms with Gasteiger partial charge in [0.15, 0.2) is 5.82 Å². The molecule has 0 aliphatic rings. The van der Waals surface area contributed by atoms with E-state index in [4.69, 9.17) is 5.73 Å². The molecule has 2 aromatic rings. The summed E-state index contributed by atoms with van der Waals surface area (Å²) in [5.74, 6) is 0.587. The average Bonchev–Trinajstić information content (AvgIpc) is 2.32. The van der Waals surface area contributed by atoms with Crippen LogP contribution in [0.5, 0.6) is 0 Å². The van der Waals surface area contributed by atoms with Gasteiger partial charge in [0.1, 0.15) is 5.69 Å². The highest BCUT2D eigenvalue weighted by Gasteiger charge is 2.01. The van der Waals surface area contributed by atoms with Crippen LogP contribution in [0.2, 0.25) is 0 Å². The second-order valence-electron chi connectivity index (χ2n) is 3.04. The molecule has 0 saturated heterocycles. The lowest BCUT2D eigenvalue weighted by molar-refractivity contribution is 0.941. The normalized spacial score (nSPS) is 10.2. The summed E-state index contributed by atoms with van der Waals surface area (Å²) in [6.45, 7) is 0.605. The molecule has 0 unspecified atom stereocenters. The standard InChI is InChI=1S/C10H11N5/c11-2-1-8-5-14-10(15-6-8)9-7-12-3-4-13-9/h3-7H,1-2,11H2.